The largest absolute Gasteiger partial charge is 0.449 e. The smallest absolute Gasteiger partial charge is 0.306 e. The average Bonchev–Trinajstić information content (AvgIpc) is 1.81. The molecular weight excluding hydrogens is 156 g/mol. The maximum Gasteiger partial charge on any atom is 0.306 e. The van der Waals surface area contributed by atoms with Gasteiger partial charge in [0.2, 0.25) is 0 Å². The first kappa shape index (κ1) is 9.42. The number of rotatable bonds is 3. The van der Waals surface area contributed by atoms with Gasteiger partial charge in [-0.1, -0.05) is 6.92 Å². The van der Waals surface area contributed by atoms with E-state index in [4.69, 9.17) is 0 Å². The third-order valence-electron chi connectivity index (χ3n) is 0.723. The van der Waals surface area contributed by atoms with Gasteiger partial charge in [0.15, 0.2) is 15.8 Å². The van der Waals surface area contributed by atoms with Gasteiger partial charge in [0.05, 0.1) is 0 Å². The number of hydrogen-bond donors (Lipinski definition) is 0. The van der Waals surface area contributed by atoms with Crippen molar-refractivity contribution in [3.05, 3.63) is 0 Å². The van der Waals surface area contributed by atoms with E-state index in [0.29, 0.717) is 0 Å². The van der Waals surface area contributed by atoms with Gasteiger partial charge in [0.25, 0.3) is 0 Å². The number of sulfone groups is 1. The molecule has 10 heavy (non-hydrogen) atoms. The standard InChI is InChI=1S/C5H10O4S/c1-3-5(6)9-4-10(2,7)8/h3-4H2,1-2H3. The van der Waals surface area contributed by atoms with Gasteiger partial charge in [-0.15, -0.1) is 0 Å². The summed E-state index contributed by atoms with van der Waals surface area (Å²) in [5, 5.41) is 0. The van der Waals surface area contributed by atoms with E-state index in [0.717, 1.165) is 6.26 Å². The van der Waals surface area contributed by atoms with Crippen molar-refractivity contribution >= 4 is 15.8 Å². The van der Waals surface area contributed by atoms with Crippen molar-refractivity contribution in [1.29, 1.82) is 0 Å². The van der Waals surface area contributed by atoms with Crippen LogP contribution in [0.4, 0.5) is 0 Å². The summed E-state index contributed by atoms with van der Waals surface area (Å²) >= 11 is 0. The molecule has 0 fully saturated rings. The van der Waals surface area contributed by atoms with Crippen molar-refractivity contribution in [2.45, 2.75) is 13.3 Å². The zero-order valence-corrected chi connectivity index (χ0v) is 6.77. The van der Waals surface area contributed by atoms with Gasteiger partial charge in [-0.2, -0.15) is 0 Å². The first-order chi connectivity index (χ1) is 4.45. The summed E-state index contributed by atoms with van der Waals surface area (Å²) < 4.78 is 25.1. The van der Waals surface area contributed by atoms with E-state index in [9.17, 15) is 13.2 Å². The highest BCUT2D eigenvalue weighted by molar-refractivity contribution is 7.90. The second kappa shape index (κ2) is 3.55. The van der Waals surface area contributed by atoms with Crippen LogP contribution in [-0.2, 0) is 19.4 Å². The van der Waals surface area contributed by atoms with Gasteiger partial charge < -0.3 is 4.74 Å². The number of hydrogen-bond acceptors (Lipinski definition) is 4. The van der Waals surface area contributed by atoms with Gasteiger partial charge in [0, 0.05) is 12.7 Å². The first-order valence-electron chi connectivity index (χ1n) is 2.79. The second-order valence-corrected chi connectivity index (χ2v) is 4.00. The summed E-state index contributed by atoms with van der Waals surface area (Å²) in [5.41, 5.74) is 0. The van der Waals surface area contributed by atoms with Crippen LogP contribution in [0.15, 0.2) is 0 Å². The summed E-state index contributed by atoms with van der Waals surface area (Å²) in [6, 6.07) is 0. The van der Waals surface area contributed by atoms with Crippen LogP contribution in [0.25, 0.3) is 0 Å². The quantitative estimate of drug-likeness (QED) is 0.551. The molecule has 0 aliphatic rings. The molecule has 0 saturated heterocycles. The minimum absolute atomic E-state index is 0.204. The Labute approximate surface area is 60.1 Å². The van der Waals surface area contributed by atoms with Crippen molar-refractivity contribution in [3.8, 4) is 0 Å². The van der Waals surface area contributed by atoms with Crippen molar-refractivity contribution < 1.29 is 17.9 Å². The first-order valence-corrected chi connectivity index (χ1v) is 4.85. The lowest BCUT2D eigenvalue weighted by Gasteiger charge is -1.98. The molecule has 0 aliphatic carbocycles. The van der Waals surface area contributed by atoms with E-state index >= 15 is 0 Å². The summed E-state index contributed by atoms with van der Waals surface area (Å²) in [5.74, 6) is -1.01. The molecule has 4 nitrogen and oxygen atoms in total. The van der Waals surface area contributed by atoms with Gasteiger partial charge in [-0.3, -0.25) is 4.79 Å². The Morgan fingerprint density at radius 1 is 1.50 bits per heavy atom. The average molecular weight is 166 g/mol. The lowest BCUT2D eigenvalue weighted by atomic mass is 10.5. The Hall–Kier alpha value is -0.580. The lowest BCUT2D eigenvalue weighted by molar-refractivity contribution is -0.141. The van der Waals surface area contributed by atoms with E-state index < -0.39 is 21.7 Å². The zero-order chi connectivity index (χ0) is 8.20. The third kappa shape index (κ3) is 5.55. The monoisotopic (exact) mass is 166 g/mol. The molecule has 5 heteroatoms. The molecule has 0 unspecified atom stereocenters. The molecular formula is C5H10O4S. The number of carbonyl (C=O) groups excluding carboxylic acids is 1. The summed E-state index contributed by atoms with van der Waals surface area (Å²) in [7, 11) is -3.17. The third-order valence-corrected chi connectivity index (χ3v) is 1.27. The van der Waals surface area contributed by atoms with E-state index in [1.807, 2.05) is 0 Å². The number of esters is 1. The van der Waals surface area contributed by atoms with Crippen LogP contribution < -0.4 is 0 Å². The second-order valence-electron chi connectivity index (χ2n) is 1.91. The molecule has 0 heterocycles. The zero-order valence-electron chi connectivity index (χ0n) is 5.96. The highest BCUT2D eigenvalue weighted by Gasteiger charge is 2.04. The van der Waals surface area contributed by atoms with Crippen LogP contribution in [0, 0.1) is 0 Å². The summed E-state index contributed by atoms with van der Waals surface area (Å²) in [6.07, 6.45) is 1.21. The van der Waals surface area contributed by atoms with Crippen LogP contribution in [-0.4, -0.2) is 26.6 Å². The molecule has 0 radical (unpaired) electrons. The van der Waals surface area contributed by atoms with E-state index in [2.05, 4.69) is 4.74 Å². The van der Waals surface area contributed by atoms with Gasteiger partial charge in [0.1, 0.15) is 0 Å². The molecule has 0 aromatic carbocycles. The Morgan fingerprint density at radius 2 is 2.00 bits per heavy atom. The fourth-order valence-electron chi connectivity index (χ4n) is 0.275. The van der Waals surface area contributed by atoms with Crippen molar-refractivity contribution in [2.75, 3.05) is 12.2 Å². The Bertz CT molecular complexity index is 204. The Balaban J connectivity index is 3.67. The van der Waals surface area contributed by atoms with Gasteiger partial charge in [-0.25, -0.2) is 8.42 Å². The SMILES string of the molecule is CCC(=O)OCS(C)(=O)=O. The topological polar surface area (TPSA) is 60.4 Å². The normalized spacial score (nSPS) is 11.0. The highest BCUT2D eigenvalue weighted by Crippen LogP contribution is 1.88. The lowest BCUT2D eigenvalue weighted by Crippen LogP contribution is -2.11. The Kier molecular flexibility index (Phi) is 3.35. The Morgan fingerprint density at radius 3 is 2.30 bits per heavy atom. The molecule has 60 valence electrons. The minimum Gasteiger partial charge on any atom is -0.449 e. The molecule has 0 rings (SSSR count). The predicted octanol–water partition coefficient (Wildman–Crippen LogP) is -0.0583. The van der Waals surface area contributed by atoms with Crippen LogP contribution >= 0.6 is 0 Å². The molecule has 0 spiro atoms. The van der Waals surface area contributed by atoms with Crippen LogP contribution in [0.2, 0.25) is 0 Å². The van der Waals surface area contributed by atoms with Crippen LogP contribution in [0.3, 0.4) is 0 Å². The van der Waals surface area contributed by atoms with E-state index in [-0.39, 0.29) is 6.42 Å². The van der Waals surface area contributed by atoms with Crippen molar-refractivity contribution in [2.24, 2.45) is 0 Å². The van der Waals surface area contributed by atoms with Crippen molar-refractivity contribution in [3.63, 3.8) is 0 Å². The molecule has 0 saturated carbocycles. The van der Waals surface area contributed by atoms with Gasteiger partial charge >= 0.3 is 5.97 Å². The molecule has 0 aliphatic heterocycles. The minimum atomic E-state index is -3.17. The predicted molar refractivity (Wildman–Crippen MR) is 36.1 cm³/mol. The summed E-state index contributed by atoms with van der Waals surface area (Å²) in [6.45, 7) is 1.60. The molecule has 0 aromatic rings. The highest BCUT2D eigenvalue weighted by atomic mass is 32.2. The fourth-order valence-corrected chi connectivity index (χ4v) is 0.620. The van der Waals surface area contributed by atoms with Crippen LogP contribution in [0.5, 0.6) is 0 Å². The number of ether oxygens (including phenoxy) is 1. The van der Waals surface area contributed by atoms with Crippen LogP contribution in [0.1, 0.15) is 13.3 Å². The van der Waals surface area contributed by atoms with Crippen molar-refractivity contribution in [1.82, 2.24) is 0 Å². The van der Waals surface area contributed by atoms with Gasteiger partial charge in [-0.05, 0) is 0 Å². The molecule has 0 bridgehead atoms. The maximum atomic E-state index is 10.4. The fraction of sp³-hybridized carbons (Fsp3) is 0.800. The van der Waals surface area contributed by atoms with E-state index in [1.54, 1.807) is 6.92 Å². The molecule has 0 aromatic heterocycles. The maximum absolute atomic E-state index is 10.4. The molecule has 0 N–H and O–H groups in total. The molecule has 0 amide bonds. The summed E-state index contributed by atoms with van der Waals surface area (Å²) in [4.78, 5) is 10.4. The molecule has 0 atom stereocenters. The van der Waals surface area contributed by atoms with E-state index in [1.165, 1.54) is 0 Å². The number of carbonyl (C=O) groups is 1.